The lowest BCUT2D eigenvalue weighted by Crippen LogP contribution is -1.91. The minimum absolute atomic E-state index is 0.126. The summed E-state index contributed by atoms with van der Waals surface area (Å²) < 4.78 is 19.9. The van der Waals surface area contributed by atoms with Crippen LogP contribution in [0.2, 0.25) is 0 Å². The molecule has 4 nitrogen and oxygen atoms in total. The number of furan rings is 1. The van der Waals surface area contributed by atoms with Gasteiger partial charge in [0.05, 0.1) is 11.8 Å². The van der Waals surface area contributed by atoms with Crippen molar-refractivity contribution >= 4 is 11.1 Å². The molecule has 122 valence electrons. The van der Waals surface area contributed by atoms with Crippen LogP contribution >= 0.6 is 0 Å². The Morgan fingerprint density at radius 1 is 1.04 bits per heavy atom. The molecule has 5 heteroatoms. The van der Waals surface area contributed by atoms with Crippen LogP contribution in [0.3, 0.4) is 0 Å². The summed E-state index contributed by atoms with van der Waals surface area (Å²) in [6.45, 7) is 0. The fraction of sp³-hybridized carbons (Fsp3) is 0.0500. The number of halogens is 1. The molecule has 0 spiro atoms. The molecule has 0 fully saturated rings. The normalized spacial score (nSPS) is 13.0. The number of nitrogens with zero attached hydrogens (tertiary/aromatic N) is 1. The minimum Gasteiger partial charge on any atom is -0.508 e. The molecule has 0 bridgehead atoms. The molecule has 1 aliphatic rings. The fourth-order valence-electron chi connectivity index (χ4n) is 3.21. The number of phenolic OH excluding ortho intramolecular Hbond substituents is 2. The standard InChI is InChI=1S/C20H12FNO3/c21-18-8-14(24)7-17-16(18)9-15(11-1-3-13(23)4-2-11)19(17)20-12(10-22)5-6-25-20/h1-8,23-24H,9H2. The second-order valence-electron chi connectivity index (χ2n) is 5.81. The largest absolute Gasteiger partial charge is 0.508 e. The quantitative estimate of drug-likeness (QED) is 0.736. The Hall–Kier alpha value is -3.52. The molecule has 0 saturated heterocycles. The summed E-state index contributed by atoms with van der Waals surface area (Å²) in [5, 5.41) is 28.7. The van der Waals surface area contributed by atoms with Crippen molar-refractivity contribution in [1.82, 2.24) is 0 Å². The highest BCUT2D eigenvalue weighted by Crippen LogP contribution is 2.45. The number of phenols is 2. The zero-order chi connectivity index (χ0) is 17.6. The third-order valence-electron chi connectivity index (χ3n) is 4.33. The van der Waals surface area contributed by atoms with Gasteiger partial charge in [0.15, 0.2) is 5.76 Å². The van der Waals surface area contributed by atoms with Crippen molar-refractivity contribution in [3.8, 4) is 17.6 Å². The zero-order valence-corrected chi connectivity index (χ0v) is 13.0. The molecule has 0 unspecified atom stereocenters. The molecule has 3 aromatic rings. The summed E-state index contributed by atoms with van der Waals surface area (Å²) in [5.74, 6) is -0.229. The van der Waals surface area contributed by atoms with Crippen molar-refractivity contribution < 1.29 is 19.0 Å². The van der Waals surface area contributed by atoms with Gasteiger partial charge in [0, 0.05) is 23.6 Å². The molecule has 1 aromatic heterocycles. The molecule has 4 rings (SSSR count). The van der Waals surface area contributed by atoms with Gasteiger partial charge in [-0.2, -0.15) is 5.26 Å². The summed E-state index contributed by atoms with van der Waals surface area (Å²) in [7, 11) is 0. The van der Waals surface area contributed by atoms with Crippen LogP contribution in [0, 0.1) is 17.1 Å². The number of fused-ring (bicyclic) bond motifs is 1. The molecule has 0 atom stereocenters. The van der Waals surface area contributed by atoms with Gasteiger partial charge in [0.1, 0.15) is 23.4 Å². The van der Waals surface area contributed by atoms with Crippen LogP contribution in [0.4, 0.5) is 4.39 Å². The van der Waals surface area contributed by atoms with Crippen molar-refractivity contribution in [3.63, 3.8) is 0 Å². The van der Waals surface area contributed by atoms with Crippen LogP contribution in [-0.4, -0.2) is 10.2 Å². The maximum absolute atomic E-state index is 14.4. The van der Waals surface area contributed by atoms with Crippen molar-refractivity contribution in [1.29, 1.82) is 5.26 Å². The van der Waals surface area contributed by atoms with Gasteiger partial charge in [0.25, 0.3) is 0 Å². The van der Waals surface area contributed by atoms with Gasteiger partial charge < -0.3 is 14.6 Å². The number of nitriles is 1. The van der Waals surface area contributed by atoms with E-state index in [9.17, 15) is 19.9 Å². The van der Waals surface area contributed by atoms with Crippen LogP contribution in [0.1, 0.15) is 28.0 Å². The first kappa shape index (κ1) is 15.0. The predicted molar refractivity (Wildman–Crippen MR) is 89.2 cm³/mol. The molecular weight excluding hydrogens is 321 g/mol. The molecule has 2 N–H and O–H groups in total. The second kappa shape index (κ2) is 5.53. The minimum atomic E-state index is -0.508. The third-order valence-corrected chi connectivity index (χ3v) is 4.33. The average Bonchev–Trinajstić information content (AvgIpc) is 3.19. The maximum Gasteiger partial charge on any atom is 0.152 e. The van der Waals surface area contributed by atoms with Gasteiger partial charge >= 0.3 is 0 Å². The highest BCUT2D eigenvalue weighted by atomic mass is 19.1. The molecule has 0 radical (unpaired) electrons. The van der Waals surface area contributed by atoms with Gasteiger partial charge in [-0.05, 0) is 41.0 Å². The summed E-state index contributed by atoms with van der Waals surface area (Å²) in [4.78, 5) is 0. The Kier molecular flexibility index (Phi) is 3.33. The molecule has 2 aromatic carbocycles. The van der Waals surface area contributed by atoms with Crippen LogP contribution < -0.4 is 0 Å². The smallest absolute Gasteiger partial charge is 0.152 e. The van der Waals surface area contributed by atoms with Gasteiger partial charge in [-0.3, -0.25) is 0 Å². The van der Waals surface area contributed by atoms with E-state index in [1.54, 1.807) is 30.3 Å². The number of hydrogen-bond acceptors (Lipinski definition) is 4. The lowest BCUT2D eigenvalue weighted by atomic mass is 9.97. The van der Waals surface area contributed by atoms with E-state index in [1.165, 1.54) is 12.3 Å². The SMILES string of the molecule is N#Cc1ccoc1C1=C(c2ccc(O)cc2)Cc2c(F)cc(O)cc21. The molecular formula is C20H12FNO3. The van der Waals surface area contributed by atoms with E-state index in [4.69, 9.17) is 4.42 Å². The third kappa shape index (κ3) is 2.36. The first-order valence-electron chi connectivity index (χ1n) is 7.60. The van der Waals surface area contributed by atoms with Gasteiger partial charge in [-0.1, -0.05) is 12.1 Å². The van der Waals surface area contributed by atoms with E-state index >= 15 is 0 Å². The van der Waals surface area contributed by atoms with Crippen molar-refractivity contribution in [2.75, 3.05) is 0 Å². The fourth-order valence-corrected chi connectivity index (χ4v) is 3.21. The Labute approximate surface area is 142 Å². The second-order valence-corrected chi connectivity index (χ2v) is 5.81. The van der Waals surface area contributed by atoms with Gasteiger partial charge in [-0.15, -0.1) is 0 Å². The topological polar surface area (TPSA) is 77.4 Å². The van der Waals surface area contributed by atoms with E-state index in [1.807, 2.05) is 0 Å². The molecule has 0 aliphatic heterocycles. The predicted octanol–water partition coefficient (Wildman–Crippen LogP) is 4.22. The van der Waals surface area contributed by atoms with Gasteiger partial charge in [0.2, 0.25) is 0 Å². The van der Waals surface area contributed by atoms with E-state index in [0.29, 0.717) is 34.4 Å². The van der Waals surface area contributed by atoms with E-state index in [2.05, 4.69) is 6.07 Å². The van der Waals surface area contributed by atoms with Crippen LogP contribution in [0.15, 0.2) is 53.1 Å². The molecule has 1 heterocycles. The van der Waals surface area contributed by atoms with Crippen molar-refractivity contribution in [2.45, 2.75) is 6.42 Å². The number of allylic oxidation sites excluding steroid dienone is 1. The number of rotatable bonds is 2. The van der Waals surface area contributed by atoms with Crippen molar-refractivity contribution in [2.24, 2.45) is 0 Å². The first-order chi connectivity index (χ1) is 12.1. The zero-order valence-electron chi connectivity index (χ0n) is 13.0. The molecule has 25 heavy (non-hydrogen) atoms. The number of aromatic hydroxyl groups is 2. The lowest BCUT2D eigenvalue weighted by Gasteiger charge is -2.08. The highest BCUT2D eigenvalue weighted by molar-refractivity contribution is 6.03. The van der Waals surface area contributed by atoms with Crippen LogP contribution in [-0.2, 0) is 6.42 Å². The van der Waals surface area contributed by atoms with Gasteiger partial charge in [-0.25, -0.2) is 4.39 Å². The molecule has 1 aliphatic carbocycles. The average molecular weight is 333 g/mol. The van der Waals surface area contributed by atoms with E-state index in [0.717, 1.165) is 17.2 Å². The summed E-state index contributed by atoms with van der Waals surface area (Å²) >= 11 is 0. The Balaban J connectivity index is 2.02. The van der Waals surface area contributed by atoms with Crippen LogP contribution in [0.5, 0.6) is 11.5 Å². The Bertz CT molecular complexity index is 1060. The Morgan fingerprint density at radius 3 is 2.52 bits per heavy atom. The summed E-state index contributed by atoms with van der Waals surface area (Å²) in [6, 6.07) is 12.7. The number of hydrogen-bond donors (Lipinski definition) is 2. The van der Waals surface area contributed by atoms with E-state index < -0.39 is 5.82 Å². The lowest BCUT2D eigenvalue weighted by molar-refractivity contribution is 0.468. The molecule has 0 saturated carbocycles. The monoisotopic (exact) mass is 333 g/mol. The van der Waals surface area contributed by atoms with Crippen LogP contribution in [0.25, 0.3) is 11.1 Å². The molecule has 0 amide bonds. The Morgan fingerprint density at radius 2 is 1.80 bits per heavy atom. The summed E-state index contributed by atoms with van der Waals surface area (Å²) in [5.41, 5.74) is 3.41. The van der Waals surface area contributed by atoms with E-state index in [-0.39, 0.29) is 11.5 Å². The first-order valence-corrected chi connectivity index (χ1v) is 7.60. The highest BCUT2D eigenvalue weighted by Gasteiger charge is 2.30. The summed E-state index contributed by atoms with van der Waals surface area (Å²) in [6.07, 6.45) is 1.71. The number of benzene rings is 2. The maximum atomic E-state index is 14.4. The van der Waals surface area contributed by atoms with Crippen molar-refractivity contribution in [3.05, 3.63) is 82.6 Å².